The van der Waals surface area contributed by atoms with Crippen molar-refractivity contribution >= 4 is 39.8 Å². The minimum Gasteiger partial charge on any atom is -0.460 e. The Morgan fingerprint density at radius 1 is 1.16 bits per heavy atom. The summed E-state index contributed by atoms with van der Waals surface area (Å²) < 4.78 is 12.3. The Morgan fingerprint density at radius 3 is 2.47 bits per heavy atom. The molecule has 0 saturated carbocycles. The first kappa shape index (κ1) is 24.2. The van der Waals surface area contributed by atoms with Gasteiger partial charge in [-0.25, -0.2) is 4.79 Å². The summed E-state index contributed by atoms with van der Waals surface area (Å²) in [6.45, 7) is 12.1. The average molecular weight is 460 g/mol. The number of hydrogen-bond donors (Lipinski definition) is 0. The molecule has 1 aromatic carbocycles. The highest BCUT2D eigenvalue weighted by atomic mass is 32.1. The van der Waals surface area contributed by atoms with Crippen molar-refractivity contribution in [3.05, 3.63) is 34.7 Å². The molecule has 0 unspecified atom stereocenters. The van der Waals surface area contributed by atoms with Gasteiger partial charge in [-0.3, -0.25) is 9.59 Å². The van der Waals surface area contributed by atoms with Crippen molar-refractivity contribution < 1.29 is 23.9 Å². The van der Waals surface area contributed by atoms with Gasteiger partial charge in [-0.05, 0) is 78.0 Å². The number of ether oxygens (including phenoxy) is 2. The van der Waals surface area contributed by atoms with Crippen molar-refractivity contribution in [3.63, 3.8) is 0 Å². The number of rotatable bonds is 5. The molecule has 6 nitrogen and oxygen atoms in total. The smallest absolute Gasteiger partial charge is 0.410 e. The van der Waals surface area contributed by atoms with Gasteiger partial charge in [-0.15, -0.1) is 11.3 Å². The van der Waals surface area contributed by atoms with Crippen LogP contribution in [0.2, 0.25) is 0 Å². The summed E-state index contributed by atoms with van der Waals surface area (Å²) in [4.78, 5) is 38.8. The Labute approximate surface area is 193 Å². The fraction of sp³-hybridized carbons (Fsp3) is 0.560. The number of amides is 1. The lowest BCUT2D eigenvalue weighted by Crippen LogP contribution is -2.38. The Hall–Kier alpha value is -2.41. The van der Waals surface area contributed by atoms with Crippen LogP contribution < -0.4 is 0 Å². The summed E-state index contributed by atoms with van der Waals surface area (Å²) in [7, 11) is 0. The Morgan fingerprint density at radius 2 is 1.84 bits per heavy atom. The highest BCUT2D eigenvalue weighted by Crippen LogP contribution is 2.32. The number of nitrogens with zero attached hydrogens (tertiary/aromatic N) is 1. The lowest BCUT2D eigenvalue weighted by atomic mass is 9.85. The maximum absolute atomic E-state index is 13.2. The molecule has 0 aliphatic carbocycles. The van der Waals surface area contributed by atoms with Gasteiger partial charge >= 0.3 is 12.1 Å². The second-order valence-corrected chi connectivity index (χ2v) is 11.4. The first-order chi connectivity index (χ1) is 14.9. The summed E-state index contributed by atoms with van der Waals surface area (Å²) in [6.07, 6.45) is 1.72. The number of fused-ring (bicyclic) bond motifs is 1. The van der Waals surface area contributed by atoms with Crippen LogP contribution in [0.5, 0.6) is 0 Å². The van der Waals surface area contributed by atoms with Gasteiger partial charge in [0.15, 0.2) is 6.29 Å². The zero-order valence-corrected chi connectivity index (χ0v) is 20.6. The first-order valence-electron chi connectivity index (χ1n) is 11.0. The van der Waals surface area contributed by atoms with Crippen molar-refractivity contribution in [1.29, 1.82) is 0 Å². The van der Waals surface area contributed by atoms with Crippen LogP contribution in [0.25, 0.3) is 10.1 Å². The summed E-state index contributed by atoms with van der Waals surface area (Å²) >= 11 is 1.53. The van der Waals surface area contributed by atoms with E-state index in [0.29, 0.717) is 31.5 Å². The van der Waals surface area contributed by atoms with Gasteiger partial charge in [0.25, 0.3) is 0 Å². The lowest BCUT2D eigenvalue weighted by Gasteiger charge is -2.28. The largest absolute Gasteiger partial charge is 0.460 e. The zero-order chi connectivity index (χ0) is 23.7. The fourth-order valence-electron chi connectivity index (χ4n) is 4.00. The molecule has 2 atom stereocenters. The average Bonchev–Trinajstić information content (AvgIpc) is 3.30. The topological polar surface area (TPSA) is 72.9 Å². The summed E-state index contributed by atoms with van der Waals surface area (Å²) in [5.74, 6) is -0.673. The van der Waals surface area contributed by atoms with Crippen LogP contribution in [0.15, 0.2) is 23.6 Å². The molecule has 32 heavy (non-hydrogen) atoms. The molecule has 1 aromatic heterocycles. The predicted octanol–water partition coefficient (Wildman–Crippen LogP) is 5.47. The van der Waals surface area contributed by atoms with Gasteiger partial charge in [-0.1, -0.05) is 6.07 Å². The van der Waals surface area contributed by atoms with Crippen LogP contribution in [0.1, 0.15) is 63.9 Å². The van der Waals surface area contributed by atoms with E-state index < -0.39 is 17.1 Å². The molecule has 1 saturated heterocycles. The first-order valence-corrected chi connectivity index (χ1v) is 11.9. The second-order valence-electron chi connectivity index (χ2n) is 10.5. The van der Waals surface area contributed by atoms with E-state index in [1.807, 2.05) is 65.1 Å². The standard InChI is InChI=1S/C25H33NO5S/c1-24(2,3)30-22(28)20(17-9-10-26(13-17)23(29)31-25(4,5)6)12-16-7-8-21-19(11-16)18(14-27)15-32-21/h7-8,11,14-15,17,20H,9-10,12-13H2,1-6H3/t17-,20-/m0/s1. The molecular weight excluding hydrogens is 426 g/mol. The van der Waals surface area contributed by atoms with E-state index in [9.17, 15) is 14.4 Å². The summed E-state index contributed by atoms with van der Waals surface area (Å²) in [6, 6.07) is 6.00. The van der Waals surface area contributed by atoms with E-state index in [4.69, 9.17) is 9.47 Å². The van der Waals surface area contributed by atoms with Crippen molar-refractivity contribution in [2.75, 3.05) is 13.1 Å². The number of hydrogen-bond acceptors (Lipinski definition) is 6. The molecule has 2 heterocycles. The third-order valence-electron chi connectivity index (χ3n) is 5.41. The van der Waals surface area contributed by atoms with Crippen LogP contribution in [0.4, 0.5) is 4.79 Å². The second kappa shape index (κ2) is 9.22. The molecule has 7 heteroatoms. The molecule has 174 valence electrons. The minimum atomic E-state index is -0.596. The molecule has 1 aliphatic rings. The van der Waals surface area contributed by atoms with Crippen LogP contribution in [0, 0.1) is 11.8 Å². The van der Waals surface area contributed by atoms with Crippen LogP contribution in [0.3, 0.4) is 0 Å². The quantitative estimate of drug-likeness (QED) is 0.438. The Balaban J connectivity index is 1.82. The van der Waals surface area contributed by atoms with Crippen LogP contribution in [-0.2, 0) is 20.7 Å². The van der Waals surface area contributed by atoms with E-state index in [2.05, 4.69) is 0 Å². The van der Waals surface area contributed by atoms with E-state index in [1.165, 1.54) is 11.3 Å². The van der Waals surface area contributed by atoms with E-state index in [0.717, 1.165) is 21.9 Å². The molecule has 3 rings (SSSR count). The van der Waals surface area contributed by atoms with Gasteiger partial charge in [0.1, 0.15) is 11.2 Å². The number of likely N-dealkylation sites (tertiary alicyclic amines) is 1. The minimum absolute atomic E-state index is 0.0268. The number of thiophene rings is 1. The Bertz CT molecular complexity index is 998. The van der Waals surface area contributed by atoms with Gasteiger partial charge in [-0.2, -0.15) is 0 Å². The molecule has 2 aromatic rings. The number of esters is 1. The van der Waals surface area contributed by atoms with Gasteiger partial charge < -0.3 is 14.4 Å². The van der Waals surface area contributed by atoms with Gasteiger partial charge in [0.05, 0.1) is 5.92 Å². The highest BCUT2D eigenvalue weighted by molar-refractivity contribution is 7.17. The number of carbonyl (C=O) groups excluding carboxylic acids is 3. The van der Waals surface area contributed by atoms with Crippen molar-refractivity contribution in [1.82, 2.24) is 4.90 Å². The number of benzene rings is 1. The van der Waals surface area contributed by atoms with Crippen molar-refractivity contribution in [2.24, 2.45) is 11.8 Å². The molecule has 0 bridgehead atoms. The Kier molecular flexibility index (Phi) is 6.98. The maximum Gasteiger partial charge on any atom is 0.410 e. The van der Waals surface area contributed by atoms with Crippen molar-refractivity contribution in [3.8, 4) is 0 Å². The van der Waals surface area contributed by atoms with Crippen LogP contribution >= 0.6 is 11.3 Å². The molecule has 0 radical (unpaired) electrons. The molecule has 1 fully saturated rings. The van der Waals surface area contributed by atoms with E-state index in [1.54, 1.807) is 4.90 Å². The van der Waals surface area contributed by atoms with Gasteiger partial charge in [0, 0.05) is 34.1 Å². The maximum atomic E-state index is 13.2. The number of aldehydes is 1. The lowest BCUT2D eigenvalue weighted by molar-refractivity contribution is -0.161. The van der Waals surface area contributed by atoms with E-state index >= 15 is 0 Å². The number of carbonyl (C=O) groups is 3. The van der Waals surface area contributed by atoms with E-state index in [-0.39, 0.29) is 18.0 Å². The van der Waals surface area contributed by atoms with Crippen LogP contribution in [-0.4, -0.2) is 47.5 Å². The third kappa shape index (κ3) is 6.09. The molecule has 1 amide bonds. The monoisotopic (exact) mass is 459 g/mol. The molecule has 1 aliphatic heterocycles. The SMILES string of the molecule is CC(C)(C)OC(=O)[C@@H](Cc1ccc2scc(C=O)c2c1)[C@H]1CCN(C(=O)OC(C)(C)C)C1. The summed E-state index contributed by atoms with van der Waals surface area (Å²) in [5.41, 5.74) is 0.482. The predicted molar refractivity (Wildman–Crippen MR) is 126 cm³/mol. The van der Waals surface area contributed by atoms with Crippen molar-refractivity contribution in [2.45, 2.75) is 65.6 Å². The fourth-order valence-corrected chi connectivity index (χ4v) is 4.88. The normalized spacial score (nSPS) is 17.9. The molecular formula is C25H33NO5S. The van der Waals surface area contributed by atoms with Gasteiger partial charge in [0.2, 0.25) is 0 Å². The molecule has 0 N–H and O–H groups in total. The molecule has 0 spiro atoms. The third-order valence-corrected chi connectivity index (χ3v) is 6.39. The highest BCUT2D eigenvalue weighted by Gasteiger charge is 2.39. The zero-order valence-electron chi connectivity index (χ0n) is 19.8. The summed E-state index contributed by atoms with van der Waals surface area (Å²) in [5, 5.41) is 2.76.